The molecule has 0 fully saturated rings. The summed E-state index contributed by atoms with van der Waals surface area (Å²) in [6, 6.07) is 8.22. The quantitative estimate of drug-likeness (QED) is 0.528. The number of aromatic nitrogens is 2. The second kappa shape index (κ2) is 8.59. The van der Waals surface area contributed by atoms with Crippen LogP contribution in [-0.2, 0) is 6.54 Å². The molecule has 0 aliphatic rings. The number of halogens is 2. The summed E-state index contributed by atoms with van der Waals surface area (Å²) >= 11 is 2.07. The standard InChI is InChI=1S/C20H19FIN3O3/c1-12-23-6-7-25(12)17-5-4-13(8-15(17)21)11-24-20(26)14-9-18(27-2)19(28-3)10-16(14)22/h4-10H,11H2,1-3H3,(H,24,26). The molecule has 0 bridgehead atoms. The number of methoxy groups -OCH3 is 2. The summed E-state index contributed by atoms with van der Waals surface area (Å²) in [5.74, 6) is 1.06. The van der Waals surface area contributed by atoms with Crippen LogP contribution in [0.15, 0.2) is 42.7 Å². The predicted octanol–water partition coefficient (Wildman–Crippen LogP) is 3.87. The van der Waals surface area contributed by atoms with Crippen LogP contribution in [-0.4, -0.2) is 29.7 Å². The van der Waals surface area contributed by atoms with E-state index in [2.05, 4.69) is 32.9 Å². The summed E-state index contributed by atoms with van der Waals surface area (Å²) in [5, 5.41) is 2.81. The van der Waals surface area contributed by atoms with Crippen molar-refractivity contribution >= 4 is 28.5 Å². The van der Waals surface area contributed by atoms with E-state index in [4.69, 9.17) is 9.47 Å². The van der Waals surface area contributed by atoms with Crippen LogP contribution >= 0.6 is 22.6 Å². The van der Waals surface area contributed by atoms with E-state index in [1.54, 1.807) is 48.1 Å². The molecule has 3 aromatic rings. The molecule has 1 aromatic heterocycles. The molecule has 0 aliphatic heterocycles. The number of benzene rings is 2. The molecule has 1 amide bonds. The van der Waals surface area contributed by atoms with Crippen molar-refractivity contribution < 1.29 is 18.7 Å². The van der Waals surface area contributed by atoms with Crippen LogP contribution in [0, 0.1) is 16.3 Å². The Balaban J connectivity index is 1.75. The van der Waals surface area contributed by atoms with E-state index in [0.717, 1.165) is 3.57 Å². The summed E-state index contributed by atoms with van der Waals surface area (Å²) < 4.78 is 27.4. The largest absolute Gasteiger partial charge is 0.493 e. The summed E-state index contributed by atoms with van der Waals surface area (Å²) in [5.41, 5.74) is 1.53. The van der Waals surface area contributed by atoms with Crippen molar-refractivity contribution in [3.8, 4) is 17.2 Å². The first-order valence-electron chi connectivity index (χ1n) is 8.43. The fraction of sp³-hybridized carbons (Fsp3) is 0.200. The van der Waals surface area contributed by atoms with Crippen LogP contribution in [0.2, 0.25) is 0 Å². The molecule has 0 atom stereocenters. The van der Waals surface area contributed by atoms with Gasteiger partial charge in [0, 0.05) is 22.5 Å². The molecule has 0 saturated carbocycles. The molecular weight excluding hydrogens is 476 g/mol. The van der Waals surface area contributed by atoms with Gasteiger partial charge in [0.05, 0.1) is 25.5 Å². The number of carbonyl (C=O) groups excluding carboxylic acids is 1. The van der Waals surface area contributed by atoms with E-state index in [0.29, 0.717) is 34.1 Å². The van der Waals surface area contributed by atoms with Crippen molar-refractivity contribution in [2.24, 2.45) is 0 Å². The maximum atomic E-state index is 14.5. The van der Waals surface area contributed by atoms with Crippen LogP contribution in [0.3, 0.4) is 0 Å². The highest BCUT2D eigenvalue weighted by Crippen LogP contribution is 2.31. The molecule has 8 heteroatoms. The zero-order valence-corrected chi connectivity index (χ0v) is 17.8. The fourth-order valence-electron chi connectivity index (χ4n) is 2.79. The maximum Gasteiger partial charge on any atom is 0.252 e. The van der Waals surface area contributed by atoms with Crippen molar-refractivity contribution in [3.05, 3.63) is 69.1 Å². The van der Waals surface area contributed by atoms with Gasteiger partial charge >= 0.3 is 0 Å². The van der Waals surface area contributed by atoms with Crippen LogP contribution in [0.5, 0.6) is 11.5 Å². The molecular formula is C20H19FIN3O3. The number of hydrogen-bond donors (Lipinski definition) is 1. The highest BCUT2D eigenvalue weighted by molar-refractivity contribution is 14.1. The third-order valence-corrected chi connectivity index (χ3v) is 5.16. The van der Waals surface area contributed by atoms with Gasteiger partial charge in [-0.2, -0.15) is 0 Å². The Hall–Kier alpha value is -2.62. The first kappa shape index (κ1) is 20.1. The van der Waals surface area contributed by atoms with Crippen LogP contribution in [0.4, 0.5) is 4.39 Å². The minimum atomic E-state index is -0.381. The van der Waals surface area contributed by atoms with Gasteiger partial charge in [0.25, 0.3) is 5.91 Å². The van der Waals surface area contributed by atoms with Crippen LogP contribution < -0.4 is 14.8 Å². The third kappa shape index (κ3) is 4.11. The molecule has 2 aromatic carbocycles. The number of nitrogens with zero attached hydrogens (tertiary/aromatic N) is 2. The number of rotatable bonds is 6. The lowest BCUT2D eigenvalue weighted by molar-refractivity contribution is 0.0949. The molecule has 1 N–H and O–H groups in total. The van der Waals surface area contributed by atoms with Crippen LogP contribution in [0.25, 0.3) is 5.69 Å². The van der Waals surface area contributed by atoms with E-state index in [-0.39, 0.29) is 18.3 Å². The van der Waals surface area contributed by atoms with Gasteiger partial charge in [0.2, 0.25) is 0 Å². The Morgan fingerprint density at radius 1 is 1.21 bits per heavy atom. The van der Waals surface area contributed by atoms with E-state index >= 15 is 0 Å². The Labute approximate surface area is 175 Å². The molecule has 0 radical (unpaired) electrons. The van der Waals surface area contributed by atoms with Gasteiger partial charge in [-0.25, -0.2) is 9.37 Å². The minimum Gasteiger partial charge on any atom is -0.493 e. The van der Waals surface area contributed by atoms with Gasteiger partial charge in [-0.3, -0.25) is 4.79 Å². The van der Waals surface area contributed by atoms with Gasteiger partial charge in [-0.1, -0.05) is 6.07 Å². The van der Waals surface area contributed by atoms with Gasteiger partial charge in [0.1, 0.15) is 11.6 Å². The zero-order valence-electron chi connectivity index (χ0n) is 15.6. The lowest BCUT2D eigenvalue weighted by Gasteiger charge is -2.13. The fourth-order valence-corrected chi connectivity index (χ4v) is 3.48. The zero-order chi connectivity index (χ0) is 20.3. The van der Waals surface area contributed by atoms with Gasteiger partial charge in [-0.15, -0.1) is 0 Å². The summed E-state index contributed by atoms with van der Waals surface area (Å²) in [7, 11) is 3.05. The third-order valence-electron chi connectivity index (χ3n) is 4.27. The second-order valence-electron chi connectivity index (χ2n) is 6.00. The van der Waals surface area contributed by atoms with E-state index < -0.39 is 0 Å². The van der Waals surface area contributed by atoms with Crippen molar-refractivity contribution in [2.45, 2.75) is 13.5 Å². The monoisotopic (exact) mass is 495 g/mol. The smallest absolute Gasteiger partial charge is 0.252 e. The van der Waals surface area contributed by atoms with Crippen molar-refractivity contribution in [3.63, 3.8) is 0 Å². The Kier molecular flexibility index (Phi) is 6.18. The van der Waals surface area contributed by atoms with Crippen molar-refractivity contribution in [2.75, 3.05) is 14.2 Å². The Morgan fingerprint density at radius 3 is 2.54 bits per heavy atom. The number of amides is 1. The number of imidazole rings is 1. The second-order valence-corrected chi connectivity index (χ2v) is 7.16. The highest BCUT2D eigenvalue weighted by atomic mass is 127. The predicted molar refractivity (Wildman–Crippen MR) is 112 cm³/mol. The molecule has 28 heavy (non-hydrogen) atoms. The SMILES string of the molecule is COc1cc(I)c(C(=O)NCc2ccc(-n3ccnc3C)c(F)c2)cc1OC. The number of hydrogen-bond acceptors (Lipinski definition) is 4. The molecule has 0 aliphatic carbocycles. The number of carbonyl (C=O) groups is 1. The Bertz CT molecular complexity index is 1020. The average molecular weight is 495 g/mol. The first-order valence-corrected chi connectivity index (χ1v) is 9.51. The molecule has 0 spiro atoms. The van der Waals surface area contributed by atoms with Crippen LogP contribution in [0.1, 0.15) is 21.7 Å². The molecule has 6 nitrogen and oxygen atoms in total. The van der Waals surface area contributed by atoms with Crippen molar-refractivity contribution in [1.82, 2.24) is 14.9 Å². The lowest BCUT2D eigenvalue weighted by atomic mass is 10.1. The topological polar surface area (TPSA) is 65.4 Å². The Morgan fingerprint density at radius 2 is 1.93 bits per heavy atom. The summed E-state index contributed by atoms with van der Waals surface area (Å²) in [6.45, 7) is 2.00. The summed E-state index contributed by atoms with van der Waals surface area (Å²) in [6.07, 6.45) is 3.32. The molecule has 146 valence electrons. The lowest BCUT2D eigenvalue weighted by Crippen LogP contribution is -2.24. The van der Waals surface area contributed by atoms with E-state index in [1.807, 2.05) is 0 Å². The number of ether oxygens (including phenoxy) is 2. The molecule has 3 rings (SSSR count). The normalized spacial score (nSPS) is 10.6. The van der Waals surface area contributed by atoms with E-state index in [1.165, 1.54) is 20.3 Å². The molecule has 0 unspecified atom stereocenters. The summed E-state index contributed by atoms with van der Waals surface area (Å²) in [4.78, 5) is 16.7. The van der Waals surface area contributed by atoms with Gasteiger partial charge < -0.3 is 19.4 Å². The first-order chi connectivity index (χ1) is 13.4. The maximum absolute atomic E-state index is 14.5. The highest BCUT2D eigenvalue weighted by Gasteiger charge is 2.16. The molecule has 1 heterocycles. The molecule has 0 saturated heterocycles. The number of aryl methyl sites for hydroxylation is 1. The minimum absolute atomic E-state index is 0.198. The van der Waals surface area contributed by atoms with Gasteiger partial charge in [0.15, 0.2) is 11.5 Å². The van der Waals surface area contributed by atoms with E-state index in [9.17, 15) is 9.18 Å². The average Bonchev–Trinajstić information content (AvgIpc) is 3.11. The van der Waals surface area contributed by atoms with Crippen molar-refractivity contribution in [1.29, 1.82) is 0 Å². The number of nitrogens with one attached hydrogen (secondary N) is 1. The van der Waals surface area contributed by atoms with Gasteiger partial charge in [-0.05, 0) is 59.3 Å².